The largest absolute Gasteiger partial charge is 0.394 e. The predicted molar refractivity (Wildman–Crippen MR) is 74.5 cm³/mol. The van der Waals surface area contributed by atoms with E-state index in [1.807, 2.05) is 12.1 Å². The van der Waals surface area contributed by atoms with Gasteiger partial charge in [-0.05, 0) is 48.9 Å². The van der Waals surface area contributed by atoms with Gasteiger partial charge in [-0.25, -0.2) is 0 Å². The molecular weight excluding hydrogens is 258 g/mol. The van der Waals surface area contributed by atoms with Gasteiger partial charge in [0.05, 0.1) is 19.8 Å². The van der Waals surface area contributed by atoms with Gasteiger partial charge in [-0.15, -0.1) is 0 Å². The topological polar surface area (TPSA) is 89.8 Å². The van der Waals surface area contributed by atoms with Gasteiger partial charge in [0.25, 0.3) is 5.91 Å². The molecule has 20 heavy (non-hydrogen) atoms. The molecule has 1 amide bonds. The molecule has 0 heterocycles. The molecule has 1 aliphatic rings. The van der Waals surface area contributed by atoms with Crippen molar-refractivity contribution in [1.29, 1.82) is 0 Å². The highest BCUT2D eigenvalue weighted by Crippen LogP contribution is 2.22. The van der Waals surface area contributed by atoms with Crippen LogP contribution in [0.4, 0.5) is 0 Å². The molecule has 1 aromatic carbocycles. The zero-order valence-corrected chi connectivity index (χ0v) is 11.4. The van der Waals surface area contributed by atoms with Crippen LogP contribution in [-0.2, 0) is 12.8 Å². The summed E-state index contributed by atoms with van der Waals surface area (Å²) >= 11 is 0. The number of rotatable bonds is 5. The van der Waals surface area contributed by atoms with E-state index in [1.165, 1.54) is 17.5 Å². The number of fused-ring (bicyclic) bond motifs is 1. The Balaban J connectivity index is 2.17. The first kappa shape index (κ1) is 15.0. The van der Waals surface area contributed by atoms with Crippen LogP contribution in [0.15, 0.2) is 18.2 Å². The summed E-state index contributed by atoms with van der Waals surface area (Å²) in [5, 5.41) is 30.2. The van der Waals surface area contributed by atoms with Crippen LogP contribution in [0.25, 0.3) is 0 Å². The molecule has 0 aliphatic heterocycles. The Morgan fingerprint density at radius 2 is 1.65 bits per heavy atom. The minimum absolute atomic E-state index is 0.393. The predicted octanol–water partition coefficient (Wildman–Crippen LogP) is 0.0109. The van der Waals surface area contributed by atoms with Gasteiger partial charge in [0, 0.05) is 5.56 Å². The summed E-state index contributed by atoms with van der Waals surface area (Å²) in [4.78, 5) is 12.2. The molecule has 0 radical (unpaired) electrons. The Morgan fingerprint density at radius 1 is 1.05 bits per heavy atom. The maximum absolute atomic E-state index is 12.2. The zero-order chi connectivity index (χ0) is 14.6. The minimum atomic E-state index is -1.38. The third kappa shape index (κ3) is 3.00. The van der Waals surface area contributed by atoms with E-state index in [4.69, 9.17) is 0 Å². The fourth-order valence-corrected chi connectivity index (χ4v) is 2.46. The number of aryl methyl sites for hydroxylation is 2. The van der Waals surface area contributed by atoms with E-state index >= 15 is 0 Å². The molecule has 5 heteroatoms. The molecule has 110 valence electrons. The molecule has 0 fully saturated rings. The number of carbonyl (C=O) groups excluding carboxylic acids is 1. The van der Waals surface area contributed by atoms with E-state index in [1.54, 1.807) is 6.07 Å². The van der Waals surface area contributed by atoms with Crippen molar-refractivity contribution >= 4 is 5.91 Å². The third-order valence-electron chi connectivity index (χ3n) is 3.90. The van der Waals surface area contributed by atoms with Crippen molar-refractivity contribution in [1.82, 2.24) is 5.32 Å². The molecule has 0 atom stereocenters. The summed E-state index contributed by atoms with van der Waals surface area (Å²) in [6.07, 6.45) is 4.33. The van der Waals surface area contributed by atoms with Gasteiger partial charge in [0.1, 0.15) is 5.54 Å². The second kappa shape index (κ2) is 6.35. The Hall–Kier alpha value is -1.43. The SMILES string of the molecule is O=C(NC(CO)(CO)CO)c1ccc2c(c1)CCCC2. The molecule has 2 rings (SSSR count). The lowest BCUT2D eigenvalue weighted by molar-refractivity contribution is 0.0375. The monoisotopic (exact) mass is 279 g/mol. The van der Waals surface area contributed by atoms with E-state index in [0.717, 1.165) is 19.3 Å². The van der Waals surface area contributed by atoms with Crippen LogP contribution < -0.4 is 5.32 Å². The number of nitrogens with one attached hydrogen (secondary N) is 1. The average Bonchev–Trinajstić information content (AvgIpc) is 2.52. The van der Waals surface area contributed by atoms with E-state index in [9.17, 15) is 20.1 Å². The van der Waals surface area contributed by atoms with Crippen molar-refractivity contribution in [2.24, 2.45) is 0 Å². The normalized spacial score (nSPS) is 14.8. The van der Waals surface area contributed by atoms with Crippen LogP contribution in [-0.4, -0.2) is 46.6 Å². The second-order valence-electron chi connectivity index (χ2n) is 5.40. The Labute approximate surface area is 118 Å². The van der Waals surface area contributed by atoms with E-state index in [2.05, 4.69) is 5.32 Å². The average molecular weight is 279 g/mol. The first-order valence-corrected chi connectivity index (χ1v) is 6.91. The molecule has 0 spiro atoms. The first-order chi connectivity index (χ1) is 9.64. The van der Waals surface area contributed by atoms with Crippen LogP contribution in [0.1, 0.15) is 34.3 Å². The highest BCUT2D eigenvalue weighted by Gasteiger charge is 2.30. The number of carbonyl (C=O) groups is 1. The van der Waals surface area contributed by atoms with E-state index in [0.29, 0.717) is 5.56 Å². The molecular formula is C15H21NO4. The maximum Gasteiger partial charge on any atom is 0.251 e. The smallest absolute Gasteiger partial charge is 0.251 e. The van der Waals surface area contributed by atoms with Crippen molar-refractivity contribution < 1.29 is 20.1 Å². The second-order valence-corrected chi connectivity index (χ2v) is 5.40. The zero-order valence-electron chi connectivity index (χ0n) is 11.4. The van der Waals surface area contributed by atoms with Gasteiger partial charge in [-0.2, -0.15) is 0 Å². The number of benzene rings is 1. The van der Waals surface area contributed by atoms with Gasteiger partial charge in [0.2, 0.25) is 0 Å². The molecule has 0 unspecified atom stereocenters. The summed E-state index contributed by atoms with van der Waals surface area (Å²) in [6.45, 7) is -1.55. The van der Waals surface area contributed by atoms with Gasteiger partial charge in [0.15, 0.2) is 0 Å². The molecule has 5 nitrogen and oxygen atoms in total. The van der Waals surface area contributed by atoms with Crippen molar-refractivity contribution in [3.05, 3.63) is 34.9 Å². The lowest BCUT2D eigenvalue weighted by atomic mass is 9.90. The summed E-state index contributed by atoms with van der Waals surface area (Å²) < 4.78 is 0. The fourth-order valence-electron chi connectivity index (χ4n) is 2.46. The van der Waals surface area contributed by atoms with Gasteiger partial charge >= 0.3 is 0 Å². The van der Waals surface area contributed by atoms with Crippen LogP contribution in [0.2, 0.25) is 0 Å². The number of aliphatic hydroxyl groups excluding tert-OH is 3. The molecule has 1 aliphatic carbocycles. The molecule has 0 aromatic heterocycles. The maximum atomic E-state index is 12.2. The summed E-state index contributed by atoms with van der Waals surface area (Å²) in [5.41, 5.74) is 1.58. The molecule has 0 saturated heterocycles. The Kier molecular flexibility index (Phi) is 4.75. The number of hydrogen-bond acceptors (Lipinski definition) is 4. The van der Waals surface area contributed by atoms with Crippen LogP contribution in [0.5, 0.6) is 0 Å². The Bertz CT molecular complexity index is 474. The van der Waals surface area contributed by atoms with Gasteiger partial charge in [-0.3, -0.25) is 4.79 Å². The third-order valence-corrected chi connectivity index (χ3v) is 3.90. The Morgan fingerprint density at radius 3 is 2.25 bits per heavy atom. The lowest BCUT2D eigenvalue weighted by Crippen LogP contribution is -2.57. The van der Waals surface area contributed by atoms with Crippen molar-refractivity contribution in [2.75, 3.05) is 19.8 Å². The van der Waals surface area contributed by atoms with Crippen LogP contribution in [0.3, 0.4) is 0 Å². The molecule has 4 N–H and O–H groups in total. The molecule has 0 bridgehead atoms. The summed E-state index contributed by atoms with van der Waals surface area (Å²) in [7, 11) is 0. The van der Waals surface area contributed by atoms with Crippen molar-refractivity contribution in [3.63, 3.8) is 0 Å². The summed E-state index contributed by atoms with van der Waals surface area (Å²) in [5.74, 6) is -0.393. The minimum Gasteiger partial charge on any atom is -0.394 e. The van der Waals surface area contributed by atoms with Crippen LogP contribution in [0, 0.1) is 0 Å². The van der Waals surface area contributed by atoms with Gasteiger partial charge in [-0.1, -0.05) is 6.07 Å². The summed E-state index contributed by atoms with van der Waals surface area (Å²) in [6, 6.07) is 5.57. The standard InChI is InChI=1S/C15H21NO4/c17-8-15(9-18,10-19)16-14(20)13-6-5-11-3-1-2-4-12(11)7-13/h5-7,17-19H,1-4,8-10H2,(H,16,20). The molecule has 1 aromatic rings. The quantitative estimate of drug-likeness (QED) is 0.611. The number of hydrogen-bond donors (Lipinski definition) is 4. The lowest BCUT2D eigenvalue weighted by Gasteiger charge is -2.29. The highest BCUT2D eigenvalue weighted by atomic mass is 16.3. The number of aliphatic hydroxyl groups is 3. The van der Waals surface area contributed by atoms with Crippen molar-refractivity contribution in [3.8, 4) is 0 Å². The number of amides is 1. The molecule has 0 saturated carbocycles. The fraction of sp³-hybridized carbons (Fsp3) is 0.533. The van der Waals surface area contributed by atoms with Crippen LogP contribution >= 0.6 is 0 Å². The van der Waals surface area contributed by atoms with Crippen molar-refractivity contribution in [2.45, 2.75) is 31.2 Å². The van der Waals surface area contributed by atoms with Gasteiger partial charge < -0.3 is 20.6 Å². The van der Waals surface area contributed by atoms with E-state index < -0.39 is 31.3 Å². The van der Waals surface area contributed by atoms with E-state index in [-0.39, 0.29) is 0 Å². The first-order valence-electron chi connectivity index (χ1n) is 6.91. The highest BCUT2D eigenvalue weighted by molar-refractivity contribution is 5.95.